The molecule has 0 saturated carbocycles. The van der Waals surface area contributed by atoms with Crippen molar-refractivity contribution in [3.63, 3.8) is 0 Å². The Bertz CT molecular complexity index is 1250. The number of rotatable bonds is 8. The van der Waals surface area contributed by atoms with E-state index in [-0.39, 0.29) is 22.4 Å². The molecule has 0 aliphatic rings. The van der Waals surface area contributed by atoms with Crippen LogP contribution in [0.15, 0.2) is 71.2 Å². The van der Waals surface area contributed by atoms with E-state index in [0.717, 1.165) is 16.3 Å². The Labute approximate surface area is 196 Å². The normalized spacial score (nSPS) is 10.8. The van der Waals surface area contributed by atoms with Crippen molar-refractivity contribution in [2.24, 2.45) is 0 Å². The van der Waals surface area contributed by atoms with E-state index < -0.39 is 4.92 Å². The zero-order valence-corrected chi connectivity index (χ0v) is 18.9. The van der Waals surface area contributed by atoms with Gasteiger partial charge in [-0.05, 0) is 29.1 Å². The zero-order chi connectivity index (χ0) is 22.5. The molecule has 1 amide bonds. The molecule has 0 aliphatic heterocycles. The molecule has 0 saturated heterocycles. The summed E-state index contributed by atoms with van der Waals surface area (Å²) in [5.41, 5.74) is 1.13. The minimum Gasteiger partial charge on any atom is -0.325 e. The molecule has 0 aliphatic carbocycles. The first kappa shape index (κ1) is 22.0. The van der Waals surface area contributed by atoms with Gasteiger partial charge in [0.2, 0.25) is 5.91 Å². The van der Waals surface area contributed by atoms with E-state index in [0.29, 0.717) is 17.4 Å². The highest BCUT2D eigenvalue weighted by atomic mass is 35.5. The number of nitrogens with zero attached hydrogens (tertiary/aromatic N) is 4. The third-order valence-electron chi connectivity index (χ3n) is 4.40. The third-order valence-corrected chi connectivity index (χ3v) is 6.55. The van der Waals surface area contributed by atoms with Gasteiger partial charge >= 0.3 is 0 Å². The highest BCUT2D eigenvalue weighted by Crippen LogP contribution is 2.29. The molecule has 0 fully saturated rings. The minimum atomic E-state index is -0.592. The van der Waals surface area contributed by atoms with Crippen LogP contribution in [0.3, 0.4) is 0 Å². The van der Waals surface area contributed by atoms with Gasteiger partial charge in [0, 0.05) is 11.8 Å². The van der Waals surface area contributed by atoms with Gasteiger partial charge < -0.3 is 5.32 Å². The molecule has 1 N–H and O–H groups in total. The van der Waals surface area contributed by atoms with Gasteiger partial charge in [0.15, 0.2) is 11.0 Å². The number of hydrogen-bond acceptors (Lipinski definition) is 7. The average molecular weight is 486 g/mol. The van der Waals surface area contributed by atoms with E-state index in [4.69, 9.17) is 11.6 Å². The van der Waals surface area contributed by atoms with Crippen LogP contribution >= 0.6 is 34.7 Å². The second kappa shape index (κ2) is 9.94. The highest BCUT2D eigenvalue weighted by Gasteiger charge is 2.18. The van der Waals surface area contributed by atoms with E-state index >= 15 is 0 Å². The first-order valence-corrected chi connectivity index (χ1v) is 11.6. The fraction of sp³-hybridized carbons (Fsp3) is 0.0952. The monoisotopic (exact) mass is 485 g/mol. The van der Waals surface area contributed by atoms with Gasteiger partial charge in [-0.1, -0.05) is 59.8 Å². The summed E-state index contributed by atoms with van der Waals surface area (Å²) in [5, 5.41) is 24.9. The van der Waals surface area contributed by atoms with Crippen LogP contribution in [0.2, 0.25) is 5.02 Å². The first-order chi connectivity index (χ1) is 15.5. The van der Waals surface area contributed by atoms with Crippen molar-refractivity contribution in [1.29, 1.82) is 0 Å². The van der Waals surface area contributed by atoms with Crippen molar-refractivity contribution in [3.05, 3.63) is 86.7 Å². The number of benzene rings is 2. The number of anilines is 1. The van der Waals surface area contributed by atoms with E-state index in [1.54, 1.807) is 11.3 Å². The fourth-order valence-electron chi connectivity index (χ4n) is 2.95. The van der Waals surface area contributed by atoms with Gasteiger partial charge in [-0.25, -0.2) is 0 Å². The van der Waals surface area contributed by atoms with Crippen LogP contribution in [0.4, 0.5) is 11.4 Å². The summed E-state index contributed by atoms with van der Waals surface area (Å²) in [7, 11) is 0. The minimum absolute atomic E-state index is 0.0116. The number of thioether (sulfide) groups is 1. The lowest BCUT2D eigenvalue weighted by Crippen LogP contribution is -2.15. The van der Waals surface area contributed by atoms with Gasteiger partial charge in [0.1, 0.15) is 5.02 Å². The Morgan fingerprint density at radius 3 is 2.69 bits per heavy atom. The Kier molecular flexibility index (Phi) is 6.84. The summed E-state index contributed by atoms with van der Waals surface area (Å²) in [6.45, 7) is 0.564. The molecule has 0 atom stereocenters. The molecule has 0 radical (unpaired) electrons. The summed E-state index contributed by atoms with van der Waals surface area (Å²) >= 11 is 8.64. The van der Waals surface area contributed by atoms with Crippen LogP contribution < -0.4 is 5.32 Å². The molecule has 2 aromatic heterocycles. The molecule has 4 rings (SSSR count). The van der Waals surface area contributed by atoms with E-state index in [9.17, 15) is 14.9 Å². The van der Waals surface area contributed by atoms with Crippen LogP contribution in [0.25, 0.3) is 10.7 Å². The number of amides is 1. The molecule has 32 heavy (non-hydrogen) atoms. The maximum absolute atomic E-state index is 12.5. The number of nitro groups is 1. The Morgan fingerprint density at radius 1 is 1.16 bits per heavy atom. The number of carbonyl (C=O) groups excluding carboxylic acids is 1. The SMILES string of the molecule is O=C(CSc1nnc(-c2cccs2)n1Cc1ccccc1)Nc1ccc(Cl)c([N+](=O)[O-])c1. The summed E-state index contributed by atoms with van der Waals surface area (Å²) in [6.07, 6.45) is 0. The van der Waals surface area contributed by atoms with E-state index in [1.165, 1.54) is 30.0 Å². The summed E-state index contributed by atoms with van der Waals surface area (Å²) in [4.78, 5) is 23.9. The molecule has 11 heteroatoms. The Morgan fingerprint density at radius 2 is 1.97 bits per heavy atom. The van der Waals surface area contributed by atoms with Gasteiger partial charge in [0.05, 0.1) is 22.1 Å². The summed E-state index contributed by atoms with van der Waals surface area (Å²) in [6, 6.07) is 18.0. The molecule has 0 unspecified atom stereocenters. The summed E-state index contributed by atoms with van der Waals surface area (Å²) in [5.74, 6) is 0.479. The van der Waals surface area contributed by atoms with Gasteiger partial charge in [-0.3, -0.25) is 19.5 Å². The topological polar surface area (TPSA) is 103 Å². The van der Waals surface area contributed by atoms with E-state index in [1.807, 2.05) is 52.4 Å². The first-order valence-electron chi connectivity index (χ1n) is 9.39. The summed E-state index contributed by atoms with van der Waals surface area (Å²) < 4.78 is 1.98. The van der Waals surface area contributed by atoms with Crippen LogP contribution in [-0.2, 0) is 11.3 Å². The number of carbonyl (C=O) groups is 1. The molecular weight excluding hydrogens is 470 g/mol. The van der Waals surface area contributed by atoms with Crippen LogP contribution in [0.5, 0.6) is 0 Å². The fourth-order valence-corrected chi connectivity index (χ4v) is 4.59. The molecule has 4 aromatic rings. The van der Waals surface area contributed by atoms with Crippen LogP contribution in [0.1, 0.15) is 5.56 Å². The number of thiophene rings is 1. The van der Waals surface area contributed by atoms with Gasteiger partial charge in [0.25, 0.3) is 5.69 Å². The third kappa shape index (κ3) is 5.16. The predicted octanol–water partition coefficient (Wildman–Crippen LogP) is 5.35. The maximum Gasteiger partial charge on any atom is 0.289 e. The van der Waals surface area contributed by atoms with Crippen molar-refractivity contribution >= 4 is 52.0 Å². The number of hydrogen-bond donors (Lipinski definition) is 1. The molecule has 8 nitrogen and oxygen atoms in total. The molecule has 162 valence electrons. The van der Waals surface area contributed by atoms with Crippen molar-refractivity contribution < 1.29 is 9.72 Å². The molecular formula is C21H16ClN5O3S2. The van der Waals surface area contributed by atoms with Gasteiger partial charge in [-0.15, -0.1) is 21.5 Å². The second-order valence-electron chi connectivity index (χ2n) is 6.62. The molecule has 0 bridgehead atoms. The number of halogens is 1. The van der Waals surface area contributed by atoms with E-state index in [2.05, 4.69) is 15.5 Å². The van der Waals surface area contributed by atoms with Crippen molar-refractivity contribution in [3.8, 4) is 10.7 Å². The van der Waals surface area contributed by atoms with Crippen LogP contribution in [0, 0.1) is 10.1 Å². The standard InChI is InChI=1S/C21H16ClN5O3S2/c22-16-9-8-15(11-17(16)27(29)30)23-19(28)13-32-21-25-24-20(18-7-4-10-31-18)26(21)12-14-5-2-1-3-6-14/h1-11H,12-13H2,(H,23,28). The Hall–Kier alpha value is -3.21. The number of nitrogens with one attached hydrogen (secondary N) is 1. The lowest BCUT2D eigenvalue weighted by Gasteiger charge is -2.10. The zero-order valence-electron chi connectivity index (χ0n) is 16.5. The molecule has 2 aromatic carbocycles. The van der Waals surface area contributed by atoms with Crippen molar-refractivity contribution in [1.82, 2.24) is 14.8 Å². The lowest BCUT2D eigenvalue weighted by atomic mass is 10.2. The predicted molar refractivity (Wildman–Crippen MR) is 126 cm³/mol. The number of aromatic nitrogens is 3. The average Bonchev–Trinajstić information content (AvgIpc) is 3.44. The second-order valence-corrected chi connectivity index (χ2v) is 8.91. The van der Waals surface area contributed by atoms with Crippen molar-refractivity contribution in [2.45, 2.75) is 11.7 Å². The molecule has 0 spiro atoms. The highest BCUT2D eigenvalue weighted by molar-refractivity contribution is 7.99. The van der Waals surface area contributed by atoms with Crippen molar-refractivity contribution in [2.75, 3.05) is 11.1 Å². The Balaban J connectivity index is 1.50. The molecule has 2 heterocycles. The van der Waals surface area contributed by atoms with Crippen LogP contribution in [-0.4, -0.2) is 31.3 Å². The van der Waals surface area contributed by atoms with Gasteiger partial charge in [-0.2, -0.15) is 0 Å². The lowest BCUT2D eigenvalue weighted by molar-refractivity contribution is -0.384. The largest absolute Gasteiger partial charge is 0.325 e. The number of nitro benzene ring substituents is 1. The maximum atomic E-state index is 12.5. The quantitative estimate of drug-likeness (QED) is 0.205. The smallest absolute Gasteiger partial charge is 0.289 e.